The molecule has 3 N–H and O–H groups in total. The highest BCUT2D eigenvalue weighted by Crippen LogP contribution is 2.21. The van der Waals surface area contributed by atoms with Gasteiger partial charge in [0, 0.05) is 37.2 Å². The summed E-state index contributed by atoms with van der Waals surface area (Å²) in [5, 5.41) is 0. The van der Waals surface area contributed by atoms with E-state index in [9.17, 15) is 4.79 Å². The number of hydrogen-bond donors (Lipinski definition) is 2. The number of aromatic amines is 1. The Kier molecular flexibility index (Phi) is 4.34. The first-order valence-corrected chi connectivity index (χ1v) is 8.90. The van der Waals surface area contributed by atoms with Crippen LogP contribution in [0.5, 0.6) is 0 Å². The van der Waals surface area contributed by atoms with E-state index in [-0.39, 0.29) is 5.56 Å². The van der Waals surface area contributed by atoms with Gasteiger partial charge in [-0.25, -0.2) is 4.98 Å². The maximum Gasteiger partial charge on any atom is 0.255 e. The second-order valence-corrected chi connectivity index (χ2v) is 6.64. The number of furan rings is 1. The number of rotatable bonds is 4. The maximum atomic E-state index is 12.6. The van der Waals surface area contributed by atoms with Crippen molar-refractivity contribution in [1.29, 1.82) is 0 Å². The number of benzene rings is 1. The summed E-state index contributed by atoms with van der Waals surface area (Å²) in [5.74, 6) is 2.53. The van der Waals surface area contributed by atoms with Crippen molar-refractivity contribution in [2.45, 2.75) is 32.9 Å². The molecule has 1 aromatic carbocycles. The SMILES string of the molecule is CCc1ccc(CN2CCc3nc(-c4ccc(N)cc4)[nH]c(=O)c3C2)o1. The highest BCUT2D eigenvalue weighted by Gasteiger charge is 2.22. The standard InChI is InChI=1S/C20H22N4O2/c1-2-15-7-8-16(26-15)11-24-10-9-18-17(12-24)20(25)23-19(22-18)13-3-5-14(21)6-4-13/h3-8H,2,9-12,21H2,1H3,(H,22,23,25). The average molecular weight is 350 g/mol. The molecule has 0 unspecified atom stereocenters. The Morgan fingerprint density at radius 2 is 1.96 bits per heavy atom. The summed E-state index contributed by atoms with van der Waals surface area (Å²) in [6, 6.07) is 11.4. The van der Waals surface area contributed by atoms with Crippen LogP contribution in [0.25, 0.3) is 11.4 Å². The highest BCUT2D eigenvalue weighted by molar-refractivity contribution is 5.58. The molecule has 26 heavy (non-hydrogen) atoms. The number of anilines is 1. The molecule has 0 bridgehead atoms. The largest absolute Gasteiger partial charge is 0.465 e. The van der Waals surface area contributed by atoms with Crippen LogP contribution in [0.4, 0.5) is 5.69 Å². The zero-order valence-electron chi connectivity index (χ0n) is 14.8. The van der Waals surface area contributed by atoms with E-state index in [1.54, 1.807) is 0 Å². The van der Waals surface area contributed by atoms with Gasteiger partial charge in [-0.05, 0) is 36.4 Å². The second-order valence-electron chi connectivity index (χ2n) is 6.64. The third kappa shape index (κ3) is 3.28. The lowest BCUT2D eigenvalue weighted by Gasteiger charge is -2.26. The summed E-state index contributed by atoms with van der Waals surface area (Å²) in [6.07, 6.45) is 1.64. The van der Waals surface area contributed by atoms with Crippen molar-refractivity contribution in [3.63, 3.8) is 0 Å². The minimum absolute atomic E-state index is 0.0692. The quantitative estimate of drug-likeness (QED) is 0.706. The molecule has 2 aromatic heterocycles. The maximum absolute atomic E-state index is 12.6. The molecule has 1 aliphatic heterocycles. The number of hydrogen-bond acceptors (Lipinski definition) is 5. The molecule has 0 atom stereocenters. The molecule has 6 heteroatoms. The first kappa shape index (κ1) is 16.6. The zero-order valence-corrected chi connectivity index (χ0v) is 14.8. The van der Waals surface area contributed by atoms with Gasteiger partial charge < -0.3 is 15.1 Å². The van der Waals surface area contributed by atoms with Crippen LogP contribution in [0.15, 0.2) is 45.6 Å². The van der Waals surface area contributed by atoms with Gasteiger partial charge in [0.15, 0.2) is 0 Å². The third-order valence-electron chi connectivity index (χ3n) is 4.78. The van der Waals surface area contributed by atoms with Crippen LogP contribution < -0.4 is 11.3 Å². The minimum atomic E-state index is -0.0692. The predicted molar refractivity (Wildman–Crippen MR) is 101 cm³/mol. The number of nitrogens with two attached hydrogens (primary N) is 1. The fourth-order valence-electron chi connectivity index (χ4n) is 3.31. The lowest BCUT2D eigenvalue weighted by Crippen LogP contribution is -2.35. The Balaban J connectivity index is 1.56. The van der Waals surface area contributed by atoms with Gasteiger partial charge in [-0.2, -0.15) is 0 Å². The van der Waals surface area contributed by atoms with E-state index >= 15 is 0 Å². The molecule has 0 saturated heterocycles. The molecule has 0 saturated carbocycles. The predicted octanol–water partition coefficient (Wildman–Crippen LogP) is 2.73. The van der Waals surface area contributed by atoms with Gasteiger partial charge in [-0.15, -0.1) is 0 Å². The van der Waals surface area contributed by atoms with Crippen LogP contribution in [-0.2, 0) is 25.9 Å². The van der Waals surface area contributed by atoms with Gasteiger partial charge >= 0.3 is 0 Å². The van der Waals surface area contributed by atoms with Gasteiger partial charge in [0.05, 0.1) is 17.8 Å². The normalized spacial score (nSPS) is 14.3. The molecule has 134 valence electrons. The monoisotopic (exact) mass is 350 g/mol. The molecule has 0 amide bonds. The fourth-order valence-corrected chi connectivity index (χ4v) is 3.31. The Hall–Kier alpha value is -2.86. The van der Waals surface area contributed by atoms with Crippen LogP contribution in [0.2, 0.25) is 0 Å². The van der Waals surface area contributed by atoms with E-state index < -0.39 is 0 Å². The molecule has 3 heterocycles. The summed E-state index contributed by atoms with van der Waals surface area (Å²) in [7, 11) is 0. The van der Waals surface area contributed by atoms with E-state index in [1.165, 1.54) is 0 Å². The van der Waals surface area contributed by atoms with E-state index in [2.05, 4.69) is 21.8 Å². The first-order chi connectivity index (χ1) is 12.6. The van der Waals surface area contributed by atoms with Crippen LogP contribution in [-0.4, -0.2) is 21.4 Å². The minimum Gasteiger partial charge on any atom is -0.465 e. The third-order valence-corrected chi connectivity index (χ3v) is 4.78. The van der Waals surface area contributed by atoms with Gasteiger partial charge in [-0.1, -0.05) is 6.92 Å². The van der Waals surface area contributed by atoms with Crippen molar-refractivity contribution in [2.24, 2.45) is 0 Å². The number of nitrogens with one attached hydrogen (secondary N) is 1. The Morgan fingerprint density at radius 1 is 1.19 bits per heavy atom. The topological polar surface area (TPSA) is 88.2 Å². The number of H-pyrrole nitrogens is 1. The van der Waals surface area contributed by atoms with Crippen molar-refractivity contribution < 1.29 is 4.42 Å². The van der Waals surface area contributed by atoms with Crippen molar-refractivity contribution in [1.82, 2.24) is 14.9 Å². The van der Waals surface area contributed by atoms with Gasteiger partial charge in [0.1, 0.15) is 17.3 Å². The summed E-state index contributed by atoms with van der Waals surface area (Å²) in [5.41, 5.74) is 8.84. The fraction of sp³-hybridized carbons (Fsp3) is 0.300. The molecule has 6 nitrogen and oxygen atoms in total. The van der Waals surface area contributed by atoms with Crippen LogP contribution in [0, 0.1) is 0 Å². The van der Waals surface area contributed by atoms with Gasteiger partial charge in [0.25, 0.3) is 5.56 Å². The summed E-state index contributed by atoms with van der Waals surface area (Å²) < 4.78 is 5.79. The molecular weight excluding hydrogens is 328 g/mol. The number of fused-ring (bicyclic) bond motifs is 1. The molecule has 3 aromatic rings. The average Bonchev–Trinajstić information content (AvgIpc) is 3.10. The van der Waals surface area contributed by atoms with E-state index in [0.717, 1.165) is 47.7 Å². The molecule has 0 aliphatic carbocycles. The Labute approximate surface area is 151 Å². The zero-order chi connectivity index (χ0) is 18.1. The number of aromatic nitrogens is 2. The summed E-state index contributed by atoms with van der Waals surface area (Å²) in [4.78, 5) is 22.4. The highest BCUT2D eigenvalue weighted by atomic mass is 16.3. The molecule has 1 aliphatic rings. The summed E-state index contributed by atoms with van der Waals surface area (Å²) >= 11 is 0. The molecule has 0 radical (unpaired) electrons. The number of nitrogen functional groups attached to an aromatic ring is 1. The van der Waals surface area contributed by atoms with Crippen molar-refractivity contribution in [3.8, 4) is 11.4 Å². The lowest BCUT2D eigenvalue weighted by molar-refractivity contribution is 0.221. The molecule has 4 rings (SSSR count). The van der Waals surface area contributed by atoms with Crippen LogP contribution in [0.1, 0.15) is 29.7 Å². The number of nitrogens with zero attached hydrogens (tertiary/aromatic N) is 2. The Bertz CT molecular complexity index is 972. The van der Waals surface area contributed by atoms with E-state index in [1.807, 2.05) is 36.4 Å². The lowest BCUT2D eigenvalue weighted by atomic mass is 10.1. The van der Waals surface area contributed by atoms with Gasteiger partial charge in [-0.3, -0.25) is 9.69 Å². The van der Waals surface area contributed by atoms with Crippen molar-refractivity contribution in [3.05, 3.63) is 69.5 Å². The Morgan fingerprint density at radius 3 is 2.69 bits per heavy atom. The van der Waals surface area contributed by atoms with Crippen molar-refractivity contribution in [2.75, 3.05) is 12.3 Å². The van der Waals surface area contributed by atoms with E-state index in [0.29, 0.717) is 24.6 Å². The first-order valence-electron chi connectivity index (χ1n) is 8.90. The molecule has 0 spiro atoms. The molecule has 0 fully saturated rings. The molecular formula is C20H22N4O2. The van der Waals surface area contributed by atoms with Gasteiger partial charge in [0.2, 0.25) is 0 Å². The van der Waals surface area contributed by atoms with Crippen LogP contribution in [0.3, 0.4) is 0 Å². The number of aryl methyl sites for hydroxylation is 1. The smallest absolute Gasteiger partial charge is 0.255 e. The van der Waals surface area contributed by atoms with Crippen molar-refractivity contribution >= 4 is 5.69 Å². The van der Waals surface area contributed by atoms with Crippen LogP contribution >= 0.6 is 0 Å². The van der Waals surface area contributed by atoms with E-state index in [4.69, 9.17) is 10.2 Å². The summed E-state index contributed by atoms with van der Waals surface area (Å²) in [6.45, 7) is 4.22. The second kappa shape index (κ2) is 6.80.